The summed E-state index contributed by atoms with van der Waals surface area (Å²) >= 11 is 0. The number of carbonyl (C=O) groups is 2. The maximum Gasteiger partial charge on any atom is 0.233 e. The van der Waals surface area contributed by atoms with E-state index < -0.39 is 0 Å². The Morgan fingerprint density at radius 3 is 2.57 bits per heavy atom. The molecule has 1 aliphatic rings. The zero-order chi connectivity index (χ0) is 15.2. The number of hydrogen-bond acceptors (Lipinski definition) is 3. The highest BCUT2D eigenvalue weighted by atomic mass is 16.5. The van der Waals surface area contributed by atoms with Crippen LogP contribution in [0.3, 0.4) is 0 Å². The van der Waals surface area contributed by atoms with Gasteiger partial charge >= 0.3 is 0 Å². The minimum atomic E-state index is -0.264. The molecule has 1 fully saturated rings. The Hall–Kier alpha value is -1.88. The van der Waals surface area contributed by atoms with Crippen molar-refractivity contribution in [1.82, 2.24) is 4.90 Å². The van der Waals surface area contributed by atoms with Crippen molar-refractivity contribution >= 4 is 17.5 Å². The van der Waals surface area contributed by atoms with E-state index in [0.29, 0.717) is 32.2 Å². The van der Waals surface area contributed by atoms with Crippen LogP contribution in [0, 0.1) is 0 Å². The normalized spacial score (nSPS) is 15.1. The molecule has 0 bridgehead atoms. The first-order valence-corrected chi connectivity index (χ1v) is 7.32. The summed E-state index contributed by atoms with van der Waals surface area (Å²) < 4.78 is 5.20. The highest BCUT2D eigenvalue weighted by Gasteiger charge is 2.20. The SMILES string of the molecule is CC(C)c1ccccc1NC(=O)CC(=O)N1CCOCC1. The van der Waals surface area contributed by atoms with E-state index >= 15 is 0 Å². The van der Waals surface area contributed by atoms with Gasteiger partial charge in [-0.25, -0.2) is 0 Å². The summed E-state index contributed by atoms with van der Waals surface area (Å²) in [7, 11) is 0. The number of carbonyl (C=O) groups excluding carboxylic acids is 2. The van der Waals surface area contributed by atoms with Crippen molar-refractivity contribution in [2.45, 2.75) is 26.2 Å². The lowest BCUT2D eigenvalue weighted by molar-refractivity contribution is -0.138. The molecule has 1 aromatic rings. The highest BCUT2D eigenvalue weighted by Crippen LogP contribution is 2.23. The van der Waals surface area contributed by atoms with Crippen molar-refractivity contribution in [2.24, 2.45) is 0 Å². The smallest absolute Gasteiger partial charge is 0.233 e. The maximum atomic E-state index is 12.1. The van der Waals surface area contributed by atoms with Crippen molar-refractivity contribution in [2.75, 3.05) is 31.6 Å². The quantitative estimate of drug-likeness (QED) is 0.863. The second-order valence-electron chi connectivity index (χ2n) is 5.46. The minimum absolute atomic E-state index is 0.119. The lowest BCUT2D eigenvalue weighted by Gasteiger charge is -2.26. The van der Waals surface area contributed by atoms with E-state index in [0.717, 1.165) is 11.3 Å². The van der Waals surface area contributed by atoms with Crippen LogP contribution in [-0.2, 0) is 14.3 Å². The van der Waals surface area contributed by atoms with Crippen LogP contribution in [0.25, 0.3) is 0 Å². The molecular weight excluding hydrogens is 268 g/mol. The average molecular weight is 290 g/mol. The third-order valence-corrected chi connectivity index (χ3v) is 3.53. The number of nitrogens with zero attached hydrogens (tertiary/aromatic N) is 1. The maximum absolute atomic E-state index is 12.1. The molecule has 0 radical (unpaired) electrons. The van der Waals surface area contributed by atoms with Crippen LogP contribution >= 0.6 is 0 Å². The molecular formula is C16H22N2O3. The van der Waals surface area contributed by atoms with Crippen LogP contribution in [0.4, 0.5) is 5.69 Å². The Morgan fingerprint density at radius 2 is 1.90 bits per heavy atom. The molecule has 0 saturated carbocycles. The van der Waals surface area contributed by atoms with Crippen LogP contribution in [0.5, 0.6) is 0 Å². The fourth-order valence-electron chi connectivity index (χ4n) is 2.37. The molecule has 0 aromatic heterocycles. The van der Waals surface area contributed by atoms with Gasteiger partial charge in [0, 0.05) is 18.8 Å². The van der Waals surface area contributed by atoms with Crippen molar-refractivity contribution in [3.63, 3.8) is 0 Å². The van der Waals surface area contributed by atoms with E-state index in [1.165, 1.54) is 0 Å². The molecule has 0 aliphatic carbocycles. The van der Waals surface area contributed by atoms with E-state index in [1.807, 2.05) is 24.3 Å². The fraction of sp³-hybridized carbons (Fsp3) is 0.500. The molecule has 1 N–H and O–H groups in total. The summed E-state index contributed by atoms with van der Waals surface area (Å²) in [6.45, 7) is 6.37. The van der Waals surface area contributed by atoms with Gasteiger partial charge in [0.1, 0.15) is 6.42 Å². The van der Waals surface area contributed by atoms with E-state index in [1.54, 1.807) is 4.90 Å². The number of morpholine rings is 1. The number of rotatable bonds is 4. The number of nitrogens with one attached hydrogen (secondary N) is 1. The molecule has 1 heterocycles. The van der Waals surface area contributed by atoms with Gasteiger partial charge < -0.3 is 15.0 Å². The van der Waals surface area contributed by atoms with Gasteiger partial charge in [-0.1, -0.05) is 32.0 Å². The first-order valence-electron chi connectivity index (χ1n) is 7.32. The van der Waals surface area contributed by atoms with Gasteiger partial charge in [0.25, 0.3) is 0 Å². The molecule has 2 rings (SSSR count). The standard InChI is InChI=1S/C16H22N2O3/c1-12(2)13-5-3-4-6-14(13)17-15(19)11-16(20)18-7-9-21-10-8-18/h3-6,12H,7-11H2,1-2H3,(H,17,19). The molecule has 2 amide bonds. The van der Waals surface area contributed by atoms with Gasteiger partial charge in [-0.3, -0.25) is 9.59 Å². The van der Waals surface area contributed by atoms with E-state index in [4.69, 9.17) is 4.74 Å². The minimum Gasteiger partial charge on any atom is -0.378 e. The van der Waals surface area contributed by atoms with Crippen LogP contribution in [0.2, 0.25) is 0 Å². The van der Waals surface area contributed by atoms with Gasteiger partial charge in [0.05, 0.1) is 13.2 Å². The molecule has 0 unspecified atom stereocenters. The summed E-state index contributed by atoms with van der Waals surface area (Å²) in [5.74, 6) is -0.0890. The van der Waals surface area contributed by atoms with Gasteiger partial charge in [0.2, 0.25) is 11.8 Å². The second-order valence-corrected chi connectivity index (χ2v) is 5.46. The van der Waals surface area contributed by atoms with Gasteiger partial charge in [-0.2, -0.15) is 0 Å². The third-order valence-electron chi connectivity index (χ3n) is 3.53. The largest absolute Gasteiger partial charge is 0.378 e. The zero-order valence-electron chi connectivity index (χ0n) is 12.6. The van der Waals surface area contributed by atoms with Crippen molar-refractivity contribution in [1.29, 1.82) is 0 Å². The Bertz CT molecular complexity index is 508. The second kappa shape index (κ2) is 7.22. The fourth-order valence-corrected chi connectivity index (χ4v) is 2.37. The number of ether oxygens (including phenoxy) is 1. The summed E-state index contributed by atoms with van der Waals surface area (Å²) in [5, 5.41) is 2.84. The summed E-state index contributed by atoms with van der Waals surface area (Å²) in [6.07, 6.45) is -0.119. The first kappa shape index (κ1) is 15.5. The number of anilines is 1. The Kier molecular flexibility index (Phi) is 5.33. The lowest BCUT2D eigenvalue weighted by atomic mass is 10.0. The molecule has 5 nitrogen and oxygen atoms in total. The van der Waals surface area contributed by atoms with Crippen molar-refractivity contribution in [3.05, 3.63) is 29.8 Å². The Balaban J connectivity index is 1.94. The molecule has 114 valence electrons. The molecule has 21 heavy (non-hydrogen) atoms. The van der Waals surface area contributed by atoms with Gasteiger partial charge in [0.15, 0.2) is 0 Å². The van der Waals surface area contributed by atoms with Gasteiger partial charge in [-0.15, -0.1) is 0 Å². The molecule has 0 spiro atoms. The van der Waals surface area contributed by atoms with Crippen LogP contribution in [0.15, 0.2) is 24.3 Å². The number of benzene rings is 1. The van der Waals surface area contributed by atoms with E-state index in [-0.39, 0.29) is 18.2 Å². The third kappa shape index (κ3) is 4.29. The number of amides is 2. The molecule has 5 heteroatoms. The van der Waals surface area contributed by atoms with E-state index in [2.05, 4.69) is 19.2 Å². The van der Waals surface area contributed by atoms with E-state index in [9.17, 15) is 9.59 Å². The summed E-state index contributed by atoms with van der Waals surface area (Å²) in [4.78, 5) is 25.8. The van der Waals surface area contributed by atoms with Crippen molar-refractivity contribution in [3.8, 4) is 0 Å². The molecule has 1 aromatic carbocycles. The predicted molar refractivity (Wildman–Crippen MR) is 81.2 cm³/mol. The monoisotopic (exact) mass is 290 g/mol. The number of hydrogen-bond donors (Lipinski definition) is 1. The Morgan fingerprint density at radius 1 is 1.24 bits per heavy atom. The summed E-state index contributed by atoms with van der Waals surface area (Å²) in [6, 6.07) is 7.69. The molecule has 0 atom stereocenters. The average Bonchev–Trinajstić information content (AvgIpc) is 2.48. The topological polar surface area (TPSA) is 58.6 Å². The summed E-state index contributed by atoms with van der Waals surface area (Å²) in [5.41, 5.74) is 1.86. The molecule has 1 saturated heterocycles. The predicted octanol–water partition coefficient (Wildman–Crippen LogP) is 2.00. The first-order chi connectivity index (χ1) is 10.1. The van der Waals surface area contributed by atoms with Crippen LogP contribution in [-0.4, -0.2) is 43.0 Å². The van der Waals surface area contributed by atoms with Crippen molar-refractivity contribution < 1.29 is 14.3 Å². The Labute approximate surface area is 125 Å². The zero-order valence-corrected chi connectivity index (χ0v) is 12.6. The lowest BCUT2D eigenvalue weighted by Crippen LogP contribution is -2.42. The number of para-hydroxylation sites is 1. The van der Waals surface area contributed by atoms with Crippen LogP contribution in [0.1, 0.15) is 31.7 Å². The van der Waals surface area contributed by atoms with Gasteiger partial charge in [-0.05, 0) is 17.5 Å². The highest BCUT2D eigenvalue weighted by molar-refractivity contribution is 6.03. The molecule has 1 aliphatic heterocycles. The van der Waals surface area contributed by atoms with Crippen LogP contribution < -0.4 is 5.32 Å².